The van der Waals surface area contributed by atoms with Gasteiger partial charge in [-0.05, 0) is 48.9 Å². The largest absolute Gasteiger partial charge is 0.494 e. The smallest absolute Gasteiger partial charge is 0.343 e. The molecule has 0 saturated heterocycles. The number of rotatable bonds is 7. The number of nitrogens with two attached hydrogens (primary N) is 1. The third-order valence-corrected chi connectivity index (χ3v) is 3.61. The Balaban J connectivity index is 2.12. The van der Waals surface area contributed by atoms with Gasteiger partial charge in [-0.3, -0.25) is 0 Å². The van der Waals surface area contributed by atoms with Gasteiger partial charge >= 0.3 is 12.0 Å². The molecule has 8 heteroatoms. The monoisotopic (exact) mass is 419 g/mol. The molecule has 0 atom stereocenters. The molecule has 0 aliphatic carbocycles. The number of amides is 2. The number of primary amides is 1. The van der Waals surface area contributed by atoms with Crippen LogP contribution in [0.1, 0.15) is 29.3 Å². The molecule has 0 aromatic heterocycles. The average Bonchev–Trinajstić information content (AvgIpc) is 2.62. The van der Waals surface area contributed by atoms with Gasteiger partial charge < -0.3 is 15.2 Å². The number of carbonyl (C=O) groups is 2. The van der Waals surface area contributed by atoms with Crippen molar-refractivity contribution in [3.63, 3.8) is 0 Å². The van der Waals surface area contributed by atoms with E-state index in [2.05, 4.69) is 26.5 Å². The van der Waals surface area contributed by atoms with Crippen molar-refractivity contribution >= 4 is 34.1 Å². The number of esters is 1. The van der Waals surface area contributed by atoms with Crippen LogP contribution in [-0.4, -0.2) is 24.8 Å². The first-order chi connectivity index (χ1) is 12.5. The van der Waals surface area contributed by atoms with Crippen molar-refractivity contribution in [3.8, 4) is 11.5 Å². The van der Waals surface area contributed by atoms with Crippen LogP contribution in [0.4, 0.5) is 4.79 Å². The van der Waals surface area contributed by atoms with E-state index in [4.69, 9.17) is 15.2 Å². The molecule has 0 unspecified atom stereocenters. The summed E-state index contributed by atoms with van der Waals surface area (Å²) in [5, 5.41) is 3.68. The van der Waals surface area contributed by atoms with Crippen LogP contribution < -0.4 is 20.6 Å². The van der Waals surface area contributed by atoms with Crippen LogP contribution in [0.15, 0.2) is 52.0 Å². The summed E-state index contributed by atoms with van der Waals surface area (Å²) in [4.78, 5) is 23.0. The molecule has 2 amide bonds. The van der Waals surface area contributed by atoms with E-state index >= 15 is 0 Å². The van der Waals surface area contributed by atoms with Crippen molar-refractivity contribution in [2.45, 2.75) is 13.3 Å². The van der Waals surface area contributed by atoms with E-state index in [1.54, 1.807) is 42.5 Å². The van der Waals surface area contributed by atoms with Crippen LogP contribution in [0.3, 0.4) is 0 Å². The van der Waals surface area contributed by atoms with Crippen molar-refractivity contribution in [2.75, 3.05) is 6.61 Å². The first-order valence-corrected chi connectivity index (χ1v) is 8.62. The molecule has 0 saturated carbocycles. The number of urea groups is 1. The Kier molecular flexibility index (Phi) is 7.16. The van der Waals surface area contributed by atoms with Crippen LogP contribution in [0.2, 0.25) is 0 Å². The van der Waals surface area contributed by atoms with E-state index < -0.39 is 12.0 Å². The maximum absolute atomic E-state index is 12.3. The standard InChI is InChI=1S/C18H18BrN3O4/c1-2-9-25-15-6-3-12(4-7-15)17(23)26-16-8-5-14(19)10-13(16)11-21-22-18(20)24/h3-8,10-11H,2,9H2,1H3,(H3,20,22,24)/b21-11-. The third-order valence-electron chi connectivity index (χ3n) is 3.12. The zero-order valence-corrected chi connectivity index (χ0v) is 15.7. The Morgan fingerprint density at radius 1 is 1.23 bits per heavy atom. The predicted molar refractivity (Wildman–Crippen MR) is 102 cm³/mol. The summed E-state index contributed by atoms with van der Waals surface area (Å²) in [7, 11) is 0. The summed E-state index contributed by atoms with van der Waals surface area (Å²) < 4.78 is 11.7. The highest BCUT2D eigenvalue weighted by molar-refractivity contribution is 9.10. The van der Waals surface area contributed by atoms with Crippen LogP contribution in [-0.2, 0) is 0 Å². The third kappa shape index (κ3) is 5.89. The molecule has 0 radical (unpaired) electrons. The lowest BCUT2D eigenvalue weighted by molar-refractivity contribution is 0.0734. The van der Waals surface area contributed by atoms with E-state index in [-0.39, 0.29) is 0 Å². The molecule has 26 heavy (non-hydrogen) atoms. The fourth-order valence-corrected chi connectivity index (χ4v) is 2.32. The summed E-state index contributed by atoms with van der Waals surface area (Å²) in [6.07, 6.45) is 2.24. The normalized spacial score (nSPS) is 10.5. The van der Waals surface area contributed by atoms with E-state index in [0.29, 0.717) is 29.2 Å². The van der Waals surface area contributed by atoms with Gasteiger partial charge in [-0.25, -0.2) is 15.0 Å². The SMILES string of the molecule is CCCOc1ccc(C(=O)Oc2ccc(Br)cc2/C=N\NC(N)=O)cc1. The fourth-order valence-electron chi connectivity index (χ4n) is 1.94. The summed E-state index contributed by atoms with van der Waals surface area (Å²) in [6, 6.07) is 10.9. The maximum Gasteiger partial charge on any atom is 0.343 e. The minimum absolute atomic E-state index is 0.291. The number of halogens is 1. The fraction of sp³-hybridized carbons (Fsp3) is 0.167. The Morgan fingerprint density at radius 3 is 2.62 bits per heavy atom. The lowest BCUT2D eigenvalue weighted by Gasteiger charge is -2.09. The van der Waals surface area contributed by atoms with Crippen molar-refractivity contribution in [1.82, 2.24) is 5.43 Å². The maximum atomic E-state index is 12.3. The number of nitrogens with one attached hydrogen (secondary N) is 1. The minimum atomic E-state index is -0.792. The molecule has 0 aliphatic rings. The van der Waals surface area contributed by atoms with Crippen LogP contribution >= 0.6 is 15.9 Å². The van der Waals surface area contributed by atoms with Crippen LogP contribution in [0.5, 0.6) is 11.5 Å². The van der Waals surface area contributed by atoms with Crippen LogP contribution in [0.25, 0.3) is 0 Å². The van der Waals surface area contributed by atoms with Crippen molar-refractivity contribution < 1.29 is 19.1 Å². The molecule has 136 valence electrons. The highest BCUT2D eigenvalue weighted by atomic mass is 79.9. The van der Waals surface area contributed by atoms with Crippen molar-refractivity contribution in [2.24, 2.45) is 10.8 Å². The molecule has 0 bridgehead atoms. The quantitative estimate of drug-likeness (QED) is 0.310. The lowest BCUT2D eigenvalue weighted by Crippen LogP contribution is -2.24. The highest BCUT2D eigenvalue weighted by Gasteiger charge is 2.12. The molecule has 2 aromatic rings. The molecule has 2 aromatic carbocycles. The summed E-state index contributed by atoms with van der Waals surface area (Å²) in [5.41, 5.74) is 7.92. The number of ether oxygens (including phenoxy) is 2. The second-order valence-electron chi connectivity index (χ2n) is 5.18. The van der Waals surface area contributed by atoms with Gasteiger partial charge in [0.05, 0.1) is 18.4 Å². The minimum Gasteiger partial charge on any atom is -0.494 e. The summed E-state index contributed by atoms with van der Waals surface area (Å²) >= 11 is 3.33. The van der Waals surface area contributed by atoms with E-state index in [9.17, 15) is 9.59 Å². The summed E-state index contributed by atoms with van der Waals surface area (Å²) in [6.45, 7) is 2.63. The Bertz CT molecular complexity index is 807. The van der Waals surface area contributed by atoms with Gasteiger partial charge in [0.1, 0.15) is 11.5 Å². The number of hydrogen-bond acceptors (Lipinski definition) is 5. The van der Waals surface area contributed by atoms with Gasteiger partial charge in [-0.2, -0.15) is 5.10 Å². The molecule has 2 rings (SSSR count). The molecule has 0 heterocycles. The molecular formula is C18H18BrN3O4. The molecule has 0 aliphatic heterocycles. The van der Waals surface area contributed by atoms with Gasteiger partial charge in [0.2, 0.25) is 0 Å². The second kappa shape index (κ2) is 9.57. The molecule has 3 N–H and O–H groups in total. The molecule has 0 fully saturated rings. The highest BCUT2D eigenvalue weighted by Crippen LogP contribution is 2.23. The van der Waals surface area contributed by atoms with Gasteiger partial charge in [0.25, 0.3) is 0 Å². The number of hydrogen-bond donors (Lipinski definition) is 2. The number of benzene rings is 2. The van der Waals surface area contributed by atoms with Crippen LogP contribution in [0, 0.1) is 0 Å². The first-order valence-electron chi connectivity index (χ1n) is 7.82. The average molecular weight is 420 g/mol. The van der Waals surface area contributed by atoms with Gasteiger partial charge in [-0.15, -0.1) is 0 Å². The molecular weight excluding hydrogens is 402 g/mol. The van der Waals surface area contributed by atoms with E-state index in [0.717, 1.165) is 10.9 Å². The number of nitrogens with zero attached hydrogens (tertiary/aromatic N) is 1. The van der Waals surface area contributed by atoms with Crippen molar-refractivity contribution in [3.05, 3.63) is 58.1 Å². The zero-order valence-electron chi connectivity index (χ0n) is 14.1. The van der Waals surface area contributed by atoms with E-state index in [1.807, 2.05) is 6.92 Å². The molecule has 0 spiro atoms. The Labute approximate surface area is 159 Å². The topological polar surface area (TPSA) is 103 Å². The molecule has 7 nitrogen and oxygen atoms in total. The second-order valence-corrected chi connectivity index (χ2v) is 6.09. The van der Waals surface area contributed by atoms with Gasteiger partial charge in [-0.1, -0.05) is 22.9 Å². The first kappa shape index (κ1) is 19.5. The Hall–Kier alpha value is -2.87. The number of hydrazone groups is 1. The lowest BCUT2D eigenvalue weighted by atomic mass is 10.2. The van der Waals surface area contributed by atoms with Gasteiger partial charge in [0, 0.05) is 10.0 Å². The van der Waals surface area contributed by atoms with E-state index in [1.165, 1.54) is 6.21 Å². The predicted octanol–water partition coefficient (Wildman–Crippen LogP) is 3.46. The van der Waals surface area contributed by atoms with Crippen molar-refractivity contribution in [1.29, 1.82) is 0 Å². The zero-order chi connectivity index (χ0) is 18.9. The van der Waals surface area contributed by atoms with Gasteiger partial charge in [0.15, 0.2) is 0 Å². The Morgan fingerprint density at radius 2 is 1.96 bits per heavy atom. The number of carbonyl (C=O) groups excluding carboxylic acids is 2. The summed E-state index contributed by atoms with van der Waals surface area (Å²) in [5.74, 6) is 0.462.